The molecule has 0 unspecified atom stereocenters. The van der Waals surface area contributed by atoms with E-state index in [4.69, 9.17) is 4.74 Å². The van der Waals surface area contributed by atoms with Crippen molar-refractivity contribution < 1.29 is 14.3 Å². The monoisotopic (exact) mass is 457 g/mol. The third kappa shape index (κ3) is 5.70. The van der Waals surface area contributed by atoms with Crippen molar-refractivity contribution >= 4 is 34.1 Å². The van der Waals surface area contributed by atoms with Gasteiger partial charge in [-0.2, -0.15) is 0 Å². The first kappa shape index (κ1) is 22.4. The number of benzene rings is 1. The van der Waals surface area contributed by atoms with E-state index < -0.39 is 0 Å². The number of carbonyl (C=O) groups is 2. The van der Waals surface area contributed by atoms with Gasteiger partial charge in [-0.05, 0) is 25.0 Å². The van der Waals surface area contributed by atoms with Gasteiger partial charge in [0.15, 0.2) is 5.13 Å². The number of urea groups is 1. The highest BCUT2D eigenvalue weighted by Gasteiger charge is 2.24. The van der Waals surface area contributed by atoms with E-state index in [1.807, 2.05) is 34.5 Å². The zero-order chi connectivity index (χ0) is 22.3. The molecule has 32 heavy (non-hydrogen) atoms. The molecule has 2 fully saturated rings. The summed E-state index contributed by atoms with van der Waals surface area (Å²) in [6, 6.07) is 7.99. The van der Waals surface area contributed by atoms with Crippen LogP contribution in [0.25, 0.3) is 0 Å². The summed E-state index contributed by atoms with van der Waals surface area (Å²) in [5.74, 6) is 0.912. The lowest BCUT2D eigenvalue weighted by Crippen LogP contribution is -2.49. The molecule has 0 radical (unpaired) electrons. The quantitative estimate of drug-likeness (QED) is 0.693. The van der Waals surface area contributed by atoms with Crippen LogP contribution in [0.3, 0.4) is 0 Å². The van der Waals surface area contributed by atoms with Crippen LogP contribution in [0.1, 0.15) is 37.8 Å². The van der Waals surface area contributed by atoms with Crippen LogP contribution >= 0.6 is 11.3 Å². The Kier molecular flexibility index (Phi) is 7.47. The van der Waals surface area contributed by atoms with Crippen LogP contribution in [0, 0.1) is 0 Å². The Labute approximate surface area is 193 Å². The summed E-state index contributed by atoms with van der Waals surface area (Å²) in [6.45, 7) is 2.85. The van der Waals surface area contributed by atoms with Gasteiger partial charge in [-0.15, -0.1) is 11.3 Å². The van der Waals surface area contributed by atoms with Crippen LogP contribution in [-0.2, 0) is 11.2 Å². The molecule has 1 saturated heterocycles. The van der Waals surface area contributed by atoms with E-state index >= 15 is 0 Å². The minimum Gasteiger partial charge on any atom is -0.495 e. The van der Waals surface area contributed by atoms with Gasteiger partial charge in [0.05, 0.1) is 24.9 Å². The molecule has 172 valence electrons. The smallest absolute Gasteiger partial charge is 0.321 e. The Morgan fingerprint density at radius 3 is 2.62 bits per heavy atom. The van der Waals surface area contributed by atoms with Crippen molar-refractivity contribution in [2.45, 2.75) is 44.6 Å². The lowest BCUT2D eigenvalue weighted by atomic mass is 9.96. The first-order valence-corrected chi connectivity index (χ1v) is 12.2. The minimum atomic E-state index is -0.211. The number of hydrogen-bond acceptors (Lipinski definition) is 6. The van der Waals surface area contributed by atoms with E-state index in [1.165, 1.54) is 30.6 Å². The lowest BCUT2D eigenvalue weighted by Gasteiger charge is -2.36. The molecule has 0 bridgehead atoms. The maximum atomic E-state index is 12.8. The molecule has 1 aliphatic carbocycles. The number of nitrogens with zero attached hydrogens (tertiary/aromatic N) is 3. The van der Waals surface area contributed by atoms with Crippen LogP contribution in [0.2, 0.25) is 0 Å². The average molecular weight is 458 g/mol. The number of methoxy groups -OCH3 is 1. The molecular weight excluding hydrogens is 426 g/mol. The Morgan fingerprint density at radius 1 is 1.12 bits per heavy atom. The van der Waals surface area contributed by atoms with Crippen LogP contribution in [0.5, 0.6) is 5.75 Å². The first-order valence-electron chi connectivity index (χ1n) is 11.3. The van der Waals surface area contributed by atoms with Gasteiger partial charge in [0.25, 0.3) is 0 Å². The summed E-state index contributed by atoms with van der Waals surface area (Å²) in [5.41, 5.74) is 1.75. The van der Waals surface area contributed by atoms with Gasteiger partial charge in [0, 0.05) is 37.6 Å². The molecular formula is C23H31N5O3S. The third-order valence-electron chi connectivity index (χ3n) is 6.10. The molecule has 8 nitrogen and oxygen atoms in total. The van der Waals surface area contributed by atoms with Crippen molar-refractivity contribution in [3.63, 3.8) is 0 Å². The molecule has 9 heteroatoms. The topological polar surface area (TPSA) is 86.8 Å². The number of hydrogen-bond donors (Lipinski definition) is 2. The van der Waals surface area contributed by atoms with Gasteiger partial charge in [-0.3, -0.25) is 10.1 Å². The first-order chi connectivity index (χ1) is 15.6. The predicted molar refractivity (Wildman–Crippen MR) is 127 cm³/mol. The molecule has 0 spiro atoms. The van der Waals surface area contributed by atoms with Gasteiger partial charge in [-0.1, -0.05) is 31.4 Å². The van der Waals surface area contributed by atoms with E-state index in [0.29, 0.717) is 23.9 Å². The van der Waals surface area contributed by atoms with Crippen LogP contribution in [0.4, 0.5) is 15.6 Å². The van der Waals surface area contributed by atoms with E-state index in [9.17, 15) is 9.59 Å². The number of carbonyl (C=O) groups excluding carboxylic acids is 2. The van der Waals surface area contributed by atoms with Crippen molar-refractivity contribution in [2.24, 2.45) is 0 Å². The molecule has 3 amide bonds. The Bertz CT molecular complexity index is 920. The van der Waals surface area contributed by atoms with Gasteiger partial charge >= 0.3 is 6.03 Å². The minimum absolute atomic E-state index is 0.0631. The van der Waals surface area contributed by atoms with E-state index in [1.54, 1.807) is 7.11 Å². The normalized spacial score (nSPS) is 17.2. The summed E-state index contributed by atoms with van der Waals surface area (Å²) in [5, 5.41) is 8.21. The number of para-hydroxylation sites is 2. The average Bonchev–Trinajstić information content (AvgIpc) is 3.26. The van der Waals surface area contributed by atoms with Gasteiger partial charge in [0.1, 0.15) is 5.75 Å². The number of thiazole rings is 1. The van der Waals surface area contributed by atoms with Crippen molar-refractivity contribution in [3.05, 3.63) is 35.3 Å². The Hall–Kier alpha value is -2.81. The van der Waals surface area contributed by atoms with Crippen LogP contribution < -0.4 is 20.3 Å². The molecule has 1 saturated carbocycles. The number of aromatic nitrogens is 1. The molecule has 2 N–H and O–H groups in total. The number of rotatable bonds is 6. The van der Waals surface area contributed by atoms with Crippen LogP contribution in [0.15, 0.2) is 29.6 Å². The molecule has 2 aliphatic rings. The second-order valence-electron chi connectivity index (χ2n) is 8.29. The number of ether oxygens (including phenoxy) is 1. The second-order valence-corrected chi connectivity index (χ2v) is 9.15. The van der Waals surface area contributed by atoms with Gasteiger partial charge in [-0.25, -0.2) is 9.78 Å². The zero-order valence-corrected chi connectivity index (χ0v) is 19.3. The molecule has 4 rings (SSSR count). The van der Waals surface area contributed by atoms with Crippen molar-refractivity contribution in [2.75, 3.05) is 43.5 Å². The fraction of sp³-hybridized carbons (Fsp3) is 0.522. The number of amides is 3. The number of anilines is 2. The van der Waals surface area contributed by atoms with Gasteiger partial charge < -0.3 is 19.9 Å². The highest BCUT2D eigenvalue weighted by atomic mass is 32.1. The molecule has 2 heterocycles. The van der Waals surface area contributed by atoms with E-state index in [0.717, 1.165) is 37.4 Å². The van der Waals surface area contributed by atoms with Crippen LogP contribution in [-0.4, -0.2) is 61.2 Å². The van der Waals surface area contributed by atoms with Crippen molar-refractivity contribution in [1.82, 2.24) is 15.2 Å². The number of nitrogens with one attached hydrogen (secondary N) is 2. The maximum absolute atomic E-state index is 12.8. The highest BCUT2D eigenvalue weighted by Crippen LogP contribution is 2.28. The summed E-state index contributed by atoms with van der Waals surface area (Å²) in [6.07, 6.45) is 5.91. The third-order valence-corrected chi connectivity index (χ3v) is 6.91. The summed E-state index contributed by atoms with van der Waals surface area (Å²) in [4.78, 5) is 33.6. The predicted octanol–water partition coefficient (Wildman–Crippen LogP) is 3.50. The number of piperazine rings is 1. The van der Waals surface area contributed by atoms with E-state index in [2.05, 4.69) is 20.5 Å². The lowest BCUT2D eigenvalue weighted by molar-refractivity contribution is -0.130. The Balaban J connectivity index is 1.24. The highest BCUT2D eigenvalue weighted by molar-refractivity contribution is 7.13. The largest absolute Gasteiger partial charge is 0.495 e. The SMILES string of the molecule is COc1ccccc1N1CCN(C(=O)Cc2csc(NC(=O)NC3CCCCC3)n2)CC1. The van der Waals surface area contributed by atoms with Gasteiger partial charge in [0.2, 0.25) is 5.91 Å². The maximum Gasteiger partial charge on any atom is 0.321 e. The second kappa shape index (κ2) is 10.7. The summed E-state index contributed by atoms with van der Waals surface area (Å²) < 4.78 is 5.46. The van der Waals surface area contributed by atoms with Crippen molar-refractivity contribution in [3.8, 4) is 5.75 Å². The fourth-order valence-corrected chi connectivity index (χ4v) is 5.07. The van der Waals surface area contributed by atoms with E-state index in [-0.39, 0.29) is 24.4 Å². The zero-order valence-electron chi connectivity index (χ0n) is 18.5. The fourth-order valence-electron chi connectivity index (χ4n) is 4.37. The molecule has 2 aromatic rings. The standard InChI is InChI=1S/C23H31N5O3S/c1-31-20-10-6-5-9-19(20)27-11-13-28(14-12-27)21(29)15-18-16-32-23(25-18)26-22(30)24-17-7-3-2-4-8-17/h5-6,9-10,16-17H,2-4,7-8,11-15H2,1H3,(H2,24,25,26,30). The summed E-state index contributed by atoms with van der Waals surface area (Å²) in [7, 11) is 1.68. The Morgan fingerprint density at radius 2 is 1.88 bits per heavy atom. The molecule has 1 aliphatic heterocycles. The van der Waals surface area contributed by atoms with Crippen molar-refractivity contribution in [1.29, 1.82) is 0 Å². The molecule has 1 aromatic heterocycles. The molecule has 0 atom stereocenters. The summed E-state index contributed by atoms with van der Waals surface area (Å²) >= 11 is 1.35. The molecule has 1 aromatic carbocycles.